The van der Waals surface area contributed by atoms with Crippen LogP contribution in [0.1, 0.15) is 69.8 Å². The molecule has 5 heteroatoms. The van der Waals surface area contributed by atoms with Crippen molar-refractivity contribution in [2.24, 2.45) is 17.8 Å². The lowest BCUT2D eigenvalue weighted by molar-refractivity contribution is -0.137. The molecule has 1 aromatic carbocycles. The normalized spacial score (nSPS) is 25.5. The number of benzene rings is 1. The fourth-order valence-electron chi connectivity index (χ4n) is 5.70. The molecule has 4 nitrogen and oxygen atoms in total. The maximum atomic E-state index is 14.0. The molecular weight excluding hydrogens is 456 g/mol. The van der Waals surface area contributed by atoms with Crippen molar-refractivity contribution in [3.05, 3.63) is 58.7 Å². The third kappa shape index (κ3) is 6.65. The highest BCUT2D eigenvalue weighted by molar-refractivity contribution is 6.30. The van der Waals surface area contributed by atoms with E-state index >= 15 is 0 Å². The highest BCUT2D eigenvalue weighted by atomic mass is 35.5. The number of halogens is 1. The van der Waals surface area contributed by atoms with Gasteiger partial charge in [0.15, 0.2) is 5.78 Å². The van der Waals surface area contributed by atoms with Crippen LogP contribution in [0.15, 0.2) is 48.1 Å². The minimum atomic E-state index is -0.403. The number of carbonyl (C=O) groups is 2. The molecule has 3 aliphatic rings. The number of ketones is 1. The van der Waals surface area contributed by atoms with Crippen LogP contribution in [0, 0.1) is 17.8 Å². The van der Waals surface area contributed by atoms with Crippen molar-refractivity contribution in [2.45, 2.75) is 64.2 Å². The predicted molar refractivity (Wildman–Crippen MR) is 144 cm³/mol. The van der Waals surface area contributed by atoms with E-state index in [2.05, 4.69) is 43.7 Å². The zero-order valence-electron chi connectivity index (χ0n) is 21.5. The zero-order chi connectivity index (χ0) is 24.9. The SMILES string of the molecule is C=C(C(=O)[C@@H]1CC/C(=C/C2CC2)C[C@H]1c1ccc(Cl)cc1)[C@@H](CCCC)C(=O)N1CCN(C)CC1. The van der Waals surface area contributed by atoms with Gasteiger partial charge in [0.1, 0.15) is 0 Å². The Morgan fingerprint density at radius 1 is 1.11 bits per heavy atom. The number of amides is 1. The van der Waals surface area contributed by atoms with Gasteiger partial charge in [-0.05, 0) is 75.1 Å². The second kappa shape index (κ2) is 11.9. The number of Topliss-reactive ketones (excluding diaryl/α,β-unsaturated/α-hetero) is 1. The number of unbranched alkanes of at least 4 members (excludes halogenated alkanes) is 1. The predicted octanol–water partition coefficient (Wildman–Crippen LogP) is 6.27. The van der Waals surface area contributed by atoms with E-state index in [1.807, 2.05) is 17.0 Å². The second-order valence-corrected chi connectivity index (χ2v) is 11.3. The first-order valence-electron chi connectivity index (χ1n) is 13.5. The fraction of sp³-hybridized carbons (Fsp3) is 0.600. The van der Waals surface area contributed by atoms with Crippen molar-refractivity contribution in [2.75, 3.05) is 33.2 Å². The molecule has 2 saturated carbocycles. The van der Waals surface area contributed by atoms with E-state index in [-0.39, 0.29) is 23.5 Å². The van der Waals surface area contributed by atoms with Crippen LogP contribution in [0.2, 0.25) is 5.02 Å². The first kappa shape index (κ1) is 26.2. The van der Waals surface area contributed by atoms with Crippen molar-refractivity contribution in [1.29, 1.82) is 0 Å². The van der Waals surface area contributed by atoms with Crippen molar-refractivity contribution in [3.8, 4) is 0 Å². The number of piperazine rings is 1. The van der Waals surface area contributed by atoms with Gasteiger partial charge in [-0.15, -0.1) is 0 Å². The number of hydrogen-bond donors (Lipinski definition) is 0. The van der Waals surface area contributed by atoms with Crippen LogP contribution in [0.4, 0.5) is 0 Å². The van der Waals surface area contributed by atoms with E-state index in [9.17, 15) is 9.59 Å². The van der Waals surface area contributed by atoms with Gasteiger partial charge in [-0.1, -0.05) is 61.7 Å². The summed E-state index contributed by atoms with van der Waals surface area (Å²) < 4.78 is 0. The van der Waals surface area contributed by atoms with Gasteiger partial charge >= 0.3 is 0 Å². The van der Waals surface area contributed by atoms with E-state index in [1.165, 1.54) is 18.4 Å². The van der Waals surface area contributed by atoms with Crippen LogP contribution >= 0.6 is 11.6 Å². The van der Waals surface area contributed by atoms with Gasteiger partial charge < -0.3 is 9.80 Å². The van der Waals surface area contributed by atoms with Crippen LogP contribution in [0.3, 0.4) is 0 Å². The largest absolute Gasteiger partial charge is 0.340 e. The first-order valence-corrected chi connectivity index (χ1v) is 13.9. The van der Waals surface area contributed by atoms with Gasteiger partial charge in [-0.3, -0.25) is 9.59 Å². The lowest BCUT2D eigenvalue weighted by Crippen LogP contribution is -2.49. The number of carbonyl (C=O) groups excluding carboxylic acids is 2. The summed E-state index contributed by atoms with van der Waals surface area (Å²) in [7, 11) is 2.09. The van der Waals surface area contributed by atoms with E-state index in [4.69, 9.17) is 11.6 Å². The average Bonchev–Trinajstić information content (AvgIpc) is 3.68. The monoisotopic (exact) mass is 496 g/mol. The van der Waals surface area contributed by atoms with E-state index in [1.54, 1.807) is 0 Å². The molecule has 4 rings (SSSR count). The maximum absolute atomic E-state index is 14.0. The van der Waals surface area contributed by atoms with Gasteiger partial charge in [0, 0.05) is 42.7 Å². The number of likely N-dealkylation sites (N-methyl/N-ethyl adjacent to an activating group) is 1. The summed E-state index contributed by atoms with van der Waals surface area (Å²) in [5.41, 5.74) is 3.18. The van der Waals surface area contributed by atoms with Gasteiger partial charge in [-0.25, -0.2) is 0 Å². The van der Waals surface area contributed by atoms with Crippen LogP contribution in [0.5, 0.6) is 0 Å². The van der Waals surface area contributed by atoms with Gasteiger partial charge in [0.05, 0.1) is 5.92 Å². The fourth-order valence-corrected chi connectivity index (χ4v) is 5.83. The molecule has 1 heterocycles. The topological polar surface area (TPSA) is 40.6 Å². The van der Waals surface area contributed by atoms with Crippen molar-refractivity contribution in [3.63, 3.8) is 0 Å². The molecule has 2 aliphatic carbocycles. The Bertz CT molecular complexity index is 942. The van der Waals surface area contributed by atoms with Crippen molar-refractivity contribution >= 4 is 23.3 Å². The van der Waals surface area contributed by atoms with E-state index in [0.29, 0.717) is 17.0 Å². The highest BCUT2D eigenvalue weighted by Gasteiger charge is 2.39. The molecule has 0 spiro atoms. The molecule has 1 aliphatic heterocycles. The van der Waals surface area contributed by atoms with E-state index < -0.39 is 5.92 Å². The Balaban J connectivity index is 1.54. The smallest absolute Gasteiger partial charge is 0.230 e. The maximum Gasteiger partial charge on any atom is 0.230 e. The molecule has 1 aromatic rings. The quantitative estimate of drug-likeness (QED) is 0.299. The zero-order valence-corrected chi connectivity index (χ0v) is 22.2. The molecule has 0 unspecified atom stereocenters. The van der Waals surface area contributed by atoms with Crippen LogP contribution < -0.4 is 0 Å². The molecule has 1 saturated heterocycles. The Hall–Kier alpha value is -1.91. The number of hydrogen-bond acceptors (Lipinski definition) is 3. The third-order valence-corrected chi connectivity index (χ3v) is 8.42. The Morgan fingerprint density at radius 3 is 2.43 bits per heavy atom. The molecular formula is C30H41ClN2O2. The molecule has 0 bridgehead atoms. The third-order valence-electron chi connectivity index (χ3n) is 8.17. The Kier molecular flexibility index (Phi) is 8.88. The lowest BCUT2D eigenvalue weighted by Gasteiger charge is -2.37. The van der Waals surface area contributed by atoms with Crippen LogP contribution in [-0.4, -0.2) is 54.7 Å². The Morgan fingerprint density at radius 2 is 1.80 bits per heavy atom. The van der Waals surface area contributed by atoms with Crippen molar-refractivity contribution < 1.29 is 9.59 Å². The molecule has 190 valence electrons. The standard InChI is InChI=1S/C30H41ClN2O2/c1-4-5-6-26(30(35)33-17-15-32(3)16-18-33)21(2)29(34)27-14-9-23(19-22-7-8-22)20-28(27)24-10-12-25(31)13-11-24/h10-13,19,22,26-28H,2,4-9,14-18,20H2,1,3H3/b23-19-/t26-,27-,28+/m1/s1. The van der Waals surface area contributed by atoms with Gasteiger partial charge in [-0.2, -0.15) is 0 Å². The molecule has 0 aromatic heterocycles. The summed E-state index contributed by atoms with van der Waals surface area (Å²) in [4.78, 5) is 31.8. The minimum Gasteiger partial charge on any atom is -0.340 e. The first-order chi connectivity index (χ1) is 16.9. The van der Waals surface area contributed by atoms with E-state index in [0.717, 1.165) is 69.8 Å². The van der Waals surface area contributed by atoms with Crippen LogP contribution in [0.25, 0.3) is 0 Å². The molecule has 3 atom stereocenters. The molecule has 0 radical (unpaired) electrons. The molecule has 3 fully saturated rings. The summed E-state index contributed by atoms with van der Waals surface area (Å²) >= 11 is 6.18. The van der Waals surface area contributed by atoms with Gasteiger partial charge in [0.2, 0.25) is 5.91 Å². The highest BCUT2D eigenvalue weighted by Crippen LogP contribution is 2.45. The average molecular weight is 497 g/mol. The number of nitrogens with zero attached hydrogens (tertiary/aromatic N) is 2. The molecule has 35 heavy (non-hydrogen) atoms. The summed E-state index contributed by atoms with van der Waals surface area (Å²) in [6, 6.07) is 7.99. The number of allylic oxidation sites excluding steroid dienone is 2. The lowest BCUT2D eigenvalue weighted by atomic mass is 9.69. The number of rotatable bonds is 9. The van der Waals surface area contributed by atoms with Crippen molar-refractivity contribution in [1.82, 2.24) is 9.80 Å². The molecule has 1 amide bonds. The summed E-state index contributed by atoms with van der Waals surface area (Å²) in [5.74, 6) is 0.500. The summed E-state index contributed by atoms with van der Waals surface area (Å²) in [6.07, 6.45) is 10.4. The van der Waals surface area contributed by atoms with Crippen LogP contribution in [-0.2, 0) is 9.59 Å². The molecule has 0 N–H and O–H groups in total. The Labute approximate surface area is 216 Å². The minimum absolute atomic E-state index is 0.0954. The van der Waals surface area contributed by atoms with Gasteiger partial charge in [0.25, 0.3) is 0 Å². The second-order valence-electron chi connectivity index (χ2n) is 10.9. The summed E-state index contributed by atoms with van der Waals surface area (Å²) in [5, 5.41) is 0.711. The summed E-state index contributed by atoms with van der Waals surface area (Å²) in [6.45, 7) is 9.64.